The Morgan fingerprint density at radius 2 is 2.00 bits per heavy atom. The summed E-state index contributed by atoms with van der Waals surface area (Å²) in [4.78, 5) is 32.1. The van der Waals surface area contributed by atoms with Gasteiger partial charge in [-0.25, -0.2) is 9.78 Å². The maximum absolute atomic E-state index is 13.1. The molecule has 2 aromatic heterocycles. The van der Waals surface area contributed by atoms with E-state index in [4.69, 9.17) is 16.0 Å². The first-order valence-corrected chi connectivity index (χ1v) is 11.5. The summed E-state index contributed by atoms with van der Waals surface area (Å²) in [6.07, 6.45) is 4.15. The van der Waals surface area contributed by atoms with E-state index in [1.807, 2.05) is 53.4 Å². The van der Waals surface area contributed by atoms with Crippen LogP contribution in [0.25, 0.3) is 11.0 Å². The second kappa shape index (κ2) is 8.90. The molecule has 1 fully saturated rings. The zero-order valence-corrected chi connectivity index (χ0v) is 19.2. The Kier molecular flexibility index (Phi) is 5.81. The van der Waals surface area contributed by atoms with Gasteiger partial charge in [0.15, 0.2) is 5.89 Å². The van der Waals surface area contributed by atoms with E-state index >= 15 is 0 Å². The van der Waals surface area contributed by atoms with Crippen molar-refractivity contribution in [1.29, 1.82) is 0 Å². The van der Waals surface area contributed by atoms with E-state index in [1.165, 1.54) is 0 Å². The van der Waals surface area contributed by atoms with Crippen LogP contribution in [0.2, 0.25) is 5.02 Å². The molecule has 1 aliphatic heterocycles. The number of amides is 1. The van der Waals surface area contributed by atoms with E-state index in [-0.39, 0.29) is 24.1 Å². The van der Waals surface area contributed by atoms with Crippen LogP contribution < -0.4 is 5.69 Å². The van der Waals surface area contributed by atoms with Crippen molar-refractivity contribution in [3.63, 3.8) is 0 Å². The van der Waals surface area contributed by atoms with E-state index in [9.17, 15) is 9.59 Å². The van der Waals surface area contributed by atoms with Gasteiger partial charge in [0.05, 0.1) is 23.1 Å². The van der Waals surface area contributed by atoms with Gasteiger partial charge in [0.2, 0.25) is 5.91 Å². The number of rotatable bonds is 5. The first-order chi connectivity index (χ1) is 16.0. The Bertz CT molecular complexity index is 1370. The van der Waals surface area contributed by atoms with Crippen LogP contribution in [-0.4, -0.2) is 38.0 Å². The fourth-order valence-electron chi connectivity index (χ4n) is 4.60. The van der Waals surface area contributed by atoms with Crippen LogP contribution in [0.1, 0.15) is 36.0 Å². The molecule has 4 aromatic rings. The Labute approximate surface area is 196 Å². The molecule has 33 heavy (non-hydrogen) atoms. The Morgan fingerprint density at radius 3 is 2.82 bits per heavy atom. The SMILES string of the molecule is Cn1c(=O)n(CC(=O)N2CCC[C@H](c3ncc(Cc4cccc(Cl)c4)o3)C2)c2ccccc21. The first kappa shape index (κ1) is 21.5. The summed E-state index contributed by atoms with van der Waals surface area (Å²) in [7, 11) is 1.73. The molecule has 1 amide bonds. The number of aromatic nitrogens is 3. The maximum atomic E-state index is 13.1. The lowest BCUT2D eigenvalue weighted by molar-refractivity contribution is -0.133. The summed E-state index contributed by atoms with van der Waals surface area (Å²) < 4.78 is 9.17. The summed E-state index contributed by atoms with van der Waals surface area (Å²) in [5, 5.41) is 0.693. The molecule has 8 heteroatoms. The minimum atomic E-state index is -0.184. The van der Waals surface area contributed by atoms with Crippen LogP contribution in [0.15, 0.2) is 63.9 Å². The molecule has 0 N–H and O–H groups in total. The number of para-hydroxylation sites is 2. The largest absolute Gasteiger partial charge is 0.445 e. The molecule has 2 aromatic carbocycles. The number of benzene rings is 2. The molecule has 1 atom stereocenters. The summed E-state index contributed by atoms with van der Waals surface area (Å²) in [6, 6.07) is 15.2. The quantitative estimate of drug-likeness (QED) is 0.448. The predicted molar refractivity (Wildman–Crippen MR) is 126 cm³/mol. The van der Waals surface area contributed by atoms with Gasteiger partial charge in [0.25, 0.3) is 0 Å². The second-order valence-electron chi connectivity index (χ2n) is 8.57. The minimum absolute atomic E-state index is 0.0263. The summed E-state index contributed by atoms with van der Waals surface area (Å²) in [5.74, 6) is 1.41. The van der Waals surface area contributed by atoms with Crippen molar-refractivity contribution in [2.75, 3.05) is 13.1 Å². The number of fused-ring (bicyclic) bond motifs is 1. The monoisotopic (exact) mass is 464 g/mol. The van der Waals surface area contributed by atoms with Crippen molar-refractivity contribution in [2.45, 2.75) is 31.7 Å². The zero-order valence-electron chi connectivity index (χ0n) is 18.4. The van der Waals surface area contributed by atoms with Gasteiger partial charge in [-0.3, -0.25) is 13.9 Å². The molecule has 0 spiro atoms. The van der Waals surface area contributed by atoms with E-state index in [2.05, 4.69) is 4.98 Å². The molecule has 0 bridgehead atoms. The van der Waals surface area contributed by atoms with Crippen molar-refractivity contribution < 1.29 is 9.21 Å². The number of carbonyl (C=O) groups excluding carboxylic acids is 1. The number of halogens is 1. The lowest BCUT2D eigenvalue weighted by atomic mass is 9.98. The topological polar surface area (TPSA) is 73.3 Å². The predicted octanol–water partition coefficient (Wildman–Crippen LogP) is 3.98. The second-order valence-corrected chi connectivity index (χ2v) is 9.00. The fourth-order valence-corrected chi connectivity index (χ4v) is 4.81. The number of hydrogen-bond acceptors (Lipinski definition) is 4. The first-order valence-electron chi connectivity index (χ1n) is 11.1. The molecule has 1 saturated heterocycles. The van der Waals surface area contributed by atoms with Crippen LogP contribution in [0, 0.1) is 0 Å². The lowest BCUT2D eigenvalue weighted by Crippen LogP contribution is -2.42. The van der Waals surface area contributed by atoms with Gasteiger partial charge in [0.1, 0.15) is 12.3 Å². The third-order valence-electron chi connectivity index (χ3n) is 6.31. The molecule has 0 aliphatic carbocycles. The molecular formula is C25H25ClN4O3. The third kappa shape index (κ3) is 4.33. The van der Waals surface area contributed by atoms with Gasteiger partial charge in [-0.2, -0.15) is 0 Å². The molecule has 0 unspecified atom stereocenters. The van der Waals surface area contributed by atoms with Crippen molar-refractivity contribution in [3.8, 4) is 0 Å². The molecule has 170 valence electrons. The van der Waals surface area contributed by atoms with Gasteiger partial charge in [-0.05, 0) is 42.7 Å². The molecule has 7 nitrogen and oxygen atoms in total. The van der Waals surface area contributed by atoms with Crippen molar-refractivity contribution in [2.24, 2.45) is 7.05 Å². The average Bonchev–Trinajstić information content (AvgIpc) is 3.38. The van der Waals surface area contributed by atoms with Crippen LogP contribution in [0.3, 0.4) is 0 Å². The highest BCUT2D eigenvalue weighted by atomic mass is 35.5. The van der Waals surface area contributed by atoms with Gasteiger partial charge >= 0.3 is 5.69 Å². The van der Waals surface area contributed by atoms with E-state index < -0.39 is 0 Å². The number of imidazole rings is 1. The van der Waals surface area contributed by atoms with Gasteiger partial charge in [-0.1, -0.05) is 35.9 Å². The standard InChI is InChI=1S/C25H25ClN4O3/c1-28-21-9-2-3-10-22(21)30(25(28)32)16-23(31)29-11-5-7-18(15-29)24-27-14-20(33-24)13-17-6-4-8-19(26)12-17/h2-4,6,8-10,12,14,18H,5,7,11,13,15-16H2,1H3/t18-/m0/s1. The molecule has 1 aliphatic rings. The van der Waals surface area contributed by atoms with Crippen molar-refractivity contribution in [1.82, 2.24) is 19.0 Å². The summed E-state index contributed by atoms with van der Waals surface area (Å²) in [5.41, 5.74) is 2.46. The van der Waals surface area contributed by atoms with Crippen molar-refractivity contribution >= 4 is 28.5 Å². The number of nitrogens with zero attached hydrogens (tertiary/aromatic N) is 4. The zero-order chi connectivity index (χ0) is 22.9. The smallest absolute Gasteiger partial charge is 0.329 e. The van der Waals surface area contributed by atoms with Crippen LogP contribution in [0.5, 0.6) is 0 Å². The Hall–Kier alpha value is -3.32. The fraction of sp³-hybridized carbons (Fsp3) is 0.320. The molecular weight excluding hydrogens is 440 g/mol. The average molecular weight is 465 g/mol. The highest BCUT2D eigenvalue weighted by molar-refractivity contribution is 6.30. The summed E-state index contributed by atoms with van der Waals surface area (Å²) >= 11 is 6.08. The number of piperidine rings is 1. The minimum Gasteiger partial charge on any atom is -0.445 e. The van der Waals surface area contributed by atoms with Gasteiger partial charge < -0.3 is 9.32 Å². The number of aryl methyl sites for hydroxylation is 1. The molecule has 0 radical (unpaired) electrons. The highest BCUT2D eigenvalue weighted by Gasteiger charge is 2.28. The maximum Gasteiger partial charge on any atom is 0.329 e. The normalized spacial score (nSPS) is 16.4. The lowest BCUT2D eigenvalue weighted by Gasteiger charge is -2.31. The van der Waals surface area contributed by atoms with E-state index in [1.54, 1.807) is 22.4 Å². The Balaban J connectivity index is 1.29. The molecule has 3 heterocycles. The summed E-state index contributed by atoms with van der Waals surface area (Å²) in [6.45, 7) is 1.24. The number of hydrogen-bond donors (Lipinski definition) is 0. The van der Waals surface area contributed by atoms with Crippen LogP contribution in [-0.2, 0) is 24.8 Å². The van der Waals surface area contributed by atoms with Gasteiger partial charge in [-0.15, -0.1) is 0 Å². The van der Waals surface area contributed by atoms with E-state index in [0.717, 1.165) is 35.2 Å². The highest BCUT2D eigenvalue weighted by Crippen LogP contribution is 2.28. The number of carbonyl (C=O) groups is 1. The number of oxazole rings is 1. The van der Waals surface area contributed by atoms with E-state index in [0.29, 0.717) is 30.4 Å². The third-order valence-corrected chi connectivity index (χ3v) is 6.54. The van der Waals surface area contributed by atoms with Gasteiger partial charge in [0, 0.05) is 31.6 Å². The molecule has 5 rings (SSSR count). The van der Waals surface area contributed by atoms with Crippen LogP contribution >= 0.6 is 11.6 Å². The van der Waals surface area contributed by atoms with Crippen LogP contribution in [0.4, 0.5) is 0 Å². The Morgan fingerprint density at radius 1 is 1.18 bits per heavy atom. The molecule has 0 saturated carbocycles. The van der Waals surface area contributed by atoms with Crippen molar-refractivity contribution in [3.05, 3.63) is 87.4 Å². The number of likely N-dealkylation sites (tertiary alicyclic amines) is 1.